The van der Waals surface area contributed by atoms with Gasteiger partial charge in [-0.3, -0.25) is 14.4 Å². The van der Waals surface area contributed by atoms with Gasteiger partial charge < -0.3 is 4.74 Å². The molecule has 0 heterocycles. The number of carbonyl (C=O) groups is 3. The number of rotatable bonds is 3. The predicted molar refractivity (Wildman–Crippen MR) is 111 cm³/mol. The molecule has 3 aromatic rings. The highest BCUT2D eigenvalue weighted by Gasteiger charge is 2.77. The zero-order chi connectivity index (χ0) is 20.9. The maximum absolute atomic E-state index is 14.0. The summed E-state index contributed by atoms with van der Waals surface area (Å²) in [5, 5.41) is 0. The van der Waals surface area contributed by atoms with E-state index >= 15 is 0 Å². The average Bonchev–Trinajstić information content (AvgIpc) is 2.77. The fourth-order valence-corrected chi connectivity index (χ4v) is 5.39. The van der Waals surface area contributed by atoms with Crippen LogP contribution in [-0.4, -0.2) is 23.1 Å². The minimum atomic E-state index is -1.60. The van der Waals surface area contributed by atoms with Gasteiger partial charge in [0, 0.05) is 18.1 Å². The van der Waals surface area contributed by atoms with Crippen LogP contribution in [0.3, 0.4) is 0 Å². The van der Waals surface area contributed by atoms with Crippen LogP contribution in [0.1, 0.15) is 45.2 Å². The number of Topliss-reactive ketones (excluding diaryl/α,β-unsaturated/α-hetero) is 2. The number of hydrogen-bond donors (Lipinski definition) is 0. The molecule has 1 saturated carbocycles. The molecule has 148 valence electrons. The van der Waals surface area contributed by atoms with E-state index in [0.29, 0.717) is 17.5 Å². The Morgan fingerprint density at radius 3 is 1.83 bits per heavy atom. The maximum atomic E-state index is 14.0. The van der Waals surface area contributed by atoms with Gasteiger partial charge >= 0.3 is 5.97 Å². The largest absolute Gasteiger partial charge is 0.449 e. The van der Waals surface area contributed by atoms with E-state index < -0.39 is 22.9 Å². The second-order valence-corrected chi connectivity index (χ2v) is 7.96. The lowest BCUT2D eigenvalue weighted by Gasteiger charge is -2.63. The summed E-state index contributed by atoms with van der Waals surface area (Å²) in [4.78, 5) is 39.8. The molecule has 0 unspecified atom stereocenters. The van der Waals surface area contributed by atoms with Crippen molar-refractivity contribution >= 4 is 17.5 Å². The zero-order valence-electron chi connectivity index (χ0n) is 16.5. The smallest absolute Gasteiger partial charge is 0.303 e. The lowest BCUT2D eigenvalue weighted by Crippen LogP contribution is -2.76. The van der Waals surface area contributed by atoms with Crippen LogP contribution in [0.15, 0.2) is 84.9 Å². The van der Waals surface area contributed by atoms with Gasteiger partial charge in [0.15, 0.2) is 11.4 Å². The molecule has 0 N–H and O–H groups in total. The van der Waals surface area contributed by atoms with E-state index in [1.807, 2.05) is 60.7 Å². The quantitative estimate of drug-likeness (QED) is 0.617. The molecule has 1 fully saturated rings. The molecule has 0 radical (unpaired) electrons. The van der Waals surface area contributed by atoms with Crippen molar-refractivity contribution in [2.45, 2.75) is 24.4 Å². The molecule has 0 aromatic heterocycles. The Morgan fingerprint density at radius 2 is 1.30 bits per heavy atom. The lowest BCUT2D eigenvalue weighted by molar-refractivity contribution is -0.179. The van der Waals surface area contributed by atoms with E-state index in [1.165, 1.54) is 6.92 Å². The summed E-state index contributed by atoms with van der Waals surface area (Å²) >= 11 is 0. The Hall–Kier alpha value is -3.53. The zero-order valence-corrected chi connectivity index (χ0v) is 16.5. The fourth-order valence-electron chi connectivity index (χ4n) is 5.39. The minimum absolute atomic E-state index is 0.145. The van der Waals surface area contributed by atoms with Crippen molar-refractivity contribution in [3.63, 3.8) is 0 Å². The molecular formula is C26H20O4. The lowest BCUT2D eigenvalue weighted by atomic mass is 9.41. The highest BCUT2D eigenvalue weighted by atomic mass is 16.6. The first kappa shape index (κ1) is 18.5. The van der Waals surface area contributed by atoms with Gasteiger partial charge in [0.2, 0.25) is 5.78 Å². The maximum Gasteiger partial charge on any atom is 0.303 e. The van der Waals surface area contributed by atoms with Crippen LogP contribution in [0, 0.1) is 5.92 Å². The summed E-state index contributed by atoms with van der Waals surface area (Å²) in [6, 6.07) is 26.0. The van der Waals surface area contributed by atoms with Gasteiger partial charge in [0.05, 0.1) is 11.3 Å². The van der Waals surface area contributed by atoms with Crippen LogP contribution in [-0.2, 0) is 14.9 Å². The van der Waals surface area contributed by atoms with Crippen LogP contribution in [0.4, 0.5) is 0 Å². The second-order valence-electron chi connectivity index (χ2n) is 7.96. The Labute approximate surface area is 174 Å². The van der Waals surface area contributed by atoms with E-state index in [0.717, 1.165) is 11.1 Å². The molecule has 2 aliphatic rings. The molecule has 4 nitrogen and oxygen atoms in total. The van der Waals surface area contributed by atoms with Crippen molar-refractivity contribution in [3.05, 3.63) is 107 Å². The SMILES string of the molecule is CC(=O)O[C@]12C(=O)c3ccccc3C(=O)[C@H]1CC2(c1ccccc1)c1ccccc1. The first-order valence-electron chi connectivity index (χ1n) is 10.0. The number of ketones is 2. The Morgan fingerprint density at radius 1 is 0.800 bits per heavy atom. The van der Waals surface area contributed by atoms with E-state index in [9.17, 15) is 14.4 Å². The van der Waals surface area contributed by atoms with Gasteiger partial charge in [-0.15, -0.1) is 0 Å². The molecule has 2 atom stereocenters. The highest BCUT2D eigenvalue weighted by Crippen LogP contribution is 2.64. The Kier molecular flexibility index (Phi) is 4.00. The topological polar surface area (TPSA) is 60.4 Å². The monoisotopic (exact) mass is 396 g/mol. The van der Waals surface area contributed by atoms with Crippen LogP contribution >= 0.6 is 0 Å². The van der Waals surface area contributed by atoms with Crippen LogP contribution in [0.25, 0.3) is 0 Å². The van der Waals surface area contributed by atoms with E-state index in [1.54, 1.807) is 24.3 Å². The summed E-state index contributed by atoms with van der Waals surface area (Å²) in [5.41, 5.74) is -0.108. The molecule has 0 saturated heterocycles. The van der Waals surface area contributed by atoms with E-state index in [4.69, 9.17) is 4.74 Å². The van der Waals surface area contributed by atoms with Crippen molar-refractivity contribution in [3.8, 4) is 0 Å². The summed E-state index contributed by atoms with van der Waals surface area (Å²) in [6.45, 7) is 1.29. The normalized spacial score (nSPS) is 23.7. The van der Waals surface area contributed by atoms with Crippen LogP contribution in [0.5, 0.6) is 0 Å². The Balaban J connectivity index is 1.85. The van der Waals surface area contributed by atoms with Crippen molar-refractivity contribution in [2.75, 3.05) is 0 Å². The van der Waals surface area contributed by atoms with Gasteiger partial charge in [0.25, 0.3) is 0 Å². The van der Waals surface area contributed by atoms with Crippen molar-refractivity contribution in [1.82, 2.24) is 0 Å². The van der Waals surface area contributed by atoms with Gasteiger partial charge in [-0.25, -0.2) is 0 Å². The van der Waals surface area contributed by atoms with Crippen molar-refractivity contribution < 1.29 is 19.1 Å². The first-order chi connectivity index (χ1) is 14.5. The molecular weight excluding hydrogens is 376 g/mol. The Bertz CT molecular complexity index is 1130. The molecule has 0 aliphatic heterocycles. The molecule has 0 spiro atoms. The number of hydrogen-bond acceptors (Lipinski definition) is 4. The van der Waals surface area contributed by atoms with Crippen molar-refractivity contribution in [1.29, 1.82) is 0 Å². The molecule has 0 bridgehead atoms. The van der Waals surface area contributed by atoms with Crippen LogP contribution in [0.2, 0.25) is 0 Å². The predicted octanol–water partition coefficient (Wildman–Crippen LogP) is 4.37. The molecule has 4 heteroatoms. The fraction of sp³-hybridized carbons (Fsp3) is 0.192. The third kappa shape index (κ3) is 2.19. The third-order valence-electron chi connectivity index (χ3n) is 6.56. The standard InChI is InChI=1S/C26H20O4/c1-17(27)30-26-22(23(28)20-14-8-9-15-21(20)24(26)29)16-25(26,18-10-4-2-5-11-18)19-12-6-3-7-13-19/h2-15,22H,16H2,1H3/t22-,26+/m1/s1. The van der Waals surface area contributed by atoms with Crippen LogP contribution < -0.4 is 0 Å². The molecule has 3 aromatic carbocycles. The number of carbonyl (C=O) groups excluding carboxylic acids is 3. The van der Waals surface area contributed by atoms with Gasteiger partial charge in [-0.05, 0) is 17.5 Å². The van der Waals surface area contributed by atoms with Crippen molar-refractivity contribution in [2.24, 2.45) is 5.92 Å². The van der Waals surface area contributed by atoms with Gasteiger partial charge in [0.1, 0.15) is 0 Å². The second kappa shape index (κ2) is 6.49. The summed E-state index contributed by atoms with van der Waals surface area (Å²) < 4.78 is 5.93. The molecule has 30 heavy (non-hydrogen) atoms. The van der Waals surface area contributed by atoms with Gasteiger partial charge in [-0.1, -0.05) is 84.9 Å². The number of esters is 1. The highest BCUT2D eigenvalue weighted by molar-refractivity contribution is 6.22. The number of ether oxygens (including phenoxy) is 1. The minimum Gasteiger partial charge on any atom is -0.449 e. The summed E-state index contributed by atoms with van der Waals surface area (Å²) in [7, 11) is 0. The summed E-state index contributed by atoms with van der Waals surface area (Å²) in [6.07, 6.45) is 0.396. The van der Waals surface area contributed by atoms with E-state index in [2.05, 4.69) is 0 Å². The molecule has 5 rings (SSSR count). The number of fused-ring (bicyclic) bond motifs is 2. The molecule has 2 aliphatic carbocycles. The van der Waals surface area contributed by atoms with E-state index in [-0.39, 0.29) is 11.6 Å². The third-order valence-corrected chi connectivity index (χ3v) is 6.56. The first-order valence-corrected chi connectivity index (χ1v) is 10.0. The molecule has 0 amide bonds. The average molecular weight is 396 g/mol. The number of benzene rings is 3. The summed E-state index contributed by atoms with van der Waals surface area (Å²) in [5.74, 6) is -1.74. The van der Waals surface area contributed by atoms with Gasteiger partial charge in [-0.2, -0.15) is 0 Å².